The molecule has 2 fully saturated rings. The van der Waals surface area contributed by atoms with Crippen molar-refractivity contribution in [3.05, 3.63) is 64.1 Å². The van der Waals surface area contributed by atoms with Crippen molar-refractivity contribution in [2.75, 3.05) is 19.6 Å². The molecular formula is C24H28N4O3S. The second kappa shape index (κ2) is 9.24. The number of pyridine rings is 1. The minimum absolute atomic E-state index is 0.0252. The Morgan fingerprint density at radius 2 is 2.03 bits per heavy atom. The summed E-state index contributed by atoms with van der Waals surface area (Å²) < 4.78 is 0. The summed E-state index contributed by atoms with van der Waals surface area (Å²) in [6, 6.07) is 9.05. The number of allylic oxidation sites excluding steroid dienone is 1. The first kappa shape index (κ1) is 22.2. The Bertz CT molecular complexity index is 1010. The van der Waals surface area contributed by atoms with E-state index in [2.05, 4.69) is 10.3 Å². The van der Waals surface area contributed by atoms with Crippen molar-refractivity contribution in [3.8, 4) is 0 Å². The zero-order valence-electron chi connectivity index (χ0n) is 18.4. The molecule has 1 unspecified atom stereocenters. The minimum Gasteiger partial charge on any atom is -0.339 e. The summed E-state index contributed by atoms with van der Waals surface area (Å²) in [6.07, 6.45) is 5.33. The van der Waals surface area contributed by atoms with Gasteiger partial charge in [0.15, 0.2) is 5.54 Å². The number of hydrogen-bond acceptors (Lipinski definition) is 5. The first-order valence-electron chi connectivity index (χ1n) is 11.0. The van der Waals surface area contributed by atoms with Crippen LogP contribution < -0.4 is 5.32 Å². The van der Waals surface area contributed by atoms with Gasteiger partial charge in [0.05, 0.1) is 5.69 Å². The molecule has 8 heteroatoms. The lowest BCUT2D eigenvalue weighted by Gasteiger charge is -2.40. The Kier molecular flexibility index (Phi) is 6.41. The Morgan fingerprint density at radius 1 is 1.25 bits per heavy atom. The van der Waals surface area contributed by atoms with Crippen LogP contribution in [0.25, 0.3) is 0 Å². The van der Waals surface area contributed by atoms with Gasteiger partial charge in [0.2, 0.25) is 5.91 Å². The van der Waals surface area contributed by atoms with E-state index >= 15 is 0 Å². The molecule has 4 heterocycles. The van der Waals surface area contributed by atoms with Crippen LogP contribution in [0.3, 0.4) is 0 Å². The lowest BCUT2D eigenvalue weighted by atomic mass is 9.75. The van der Waals surface area contributed by atoms with Crippen molar-refractivity contribution in [1.82, 2.24) is 20.1 Å². The lowest BCUT2D eigenvalue weighted by molar-refractivity contribution is -0.135. The second-order valence-electron chi connectivity index (χ2n) is 8.28. The van der Waals surface area contributed by atoms with Gasteiger partial charge in [0.25, 0.3) is 5.91 Å². The van der Waals surface area contributed by atoms with Crippen LogP contribution in [0.5, 0.6) is 0 Å². The molecule has 1 N–H and O–H groups in total. The van der Waals surface area contributed by atoms with Gasteiger partial charge in [-0.15, -0.1) is 11.3 Å². The van der Waals surface area contributed by atoms with E-state index in [1.54, 1.807) is 23.6 Å². The molecule has 2 aliphatic rings. The number of nitrogens with one attached hydrogen (secondary N) is 1. The third-order valence-corrected chi connectivity index (χ3v) is 7.46. The summed E-state index contributed by atoms with van der Waals surface area (Å²) in [5, 5.41) is 5.01. The fourth-order valence-corrected chi connectivity index (χ4v) is 5.32. The largest absolute Gasteiger partial charge is 0.339 e. The molecule has 0 radical (unpaired) electrons. The van der Waals surface area contributed by atoms with Crippen LogP contribution in [0.15, 0.2) is 53.6 Å². The van der Waals surface area contributed by atoms with E-state index < -0.39 is 5.54 Å². The molecule has 2 saturated heterocycles. The maximum absolute atomic E-state index is 13.8. The Labute approximate surface area is 192 Å². The Morgan fingerprint density at radius 3 is 2.66 bits per heavy atom. The monoisotopic (exact) mass is 452 g/mol. The molecule has 32 heavy (non-hydrogen) atoms. The van der Waals surface area contributed by atoms with E-state index in [1.165, 1.54) is 4.90 Å². The van der Waals surface area contributed by atoms with Crippen LogP contribution in [0.1, 0.15) is 37.3 Å². The van der Waals surface area contributed by atoms with Crippen molar-refractivity contribution in [3.63, 3.8) is 0 Å². The highest BCUT2D eigenvalue weighted by molar-refractivity contribution is 7.09. The van der Waals surface area contributed by atoms with E-state index in [9.17, 15) is 14.4 Å². The van der Waals surface area contributed by atoms with Gasteiger partial charge in [0.1, 0.15) is 0 Å². The number of carbonyl (C=O) groups is 3. The standard InChI is InChI=1S/C24H28N4O3S/c1-3-17(2)21(29)27-13-9-18(10-14-27)24(20-8-4-5-12-25-20)22(30)28(23(31)26-24)15-11-19-7-6-16-32-19/h3-8,12,16,18H,9-11,13-15H2,1-2H3,(H,26,31). The van der Waals surface area contributed by atoms with Crippen molar-refractivity contribution in [2.45, 2.75) is 38.6 Å². The number of thiophene rings is 1. The summed E-state index contributed by atoms with van der Waals surface area (Å²) in [7, 11) is 0. The van der Waals surface area contributed by atoms with E-state index in [0.29, 0.717) is 50.2 Å². The number of rotatable bonds is 6. The molecule has 168 valence electrons. The molecule has 0 aromatic carbocycles. The average molecular weight is 453 g/mol. The molecule has 2 aromatic heterocycles. The van der Waals surface area contributed by atoms with Crippen molar-refractivity contribution in [1.29, 1.82) is 0 Å². The highest BCUT2D eigenvalue weighted by Crippen LogP contribution is 2.40. The van der Waals surface area contributed by atoms with Crippen LogP contribution in [-0.2, 0) is 21.5 Å². The molecular weight excluding hydrogens is 424 g/mol. The number of aromatic nitrogens is 1. The SMILES string of the molecule is CC=C(C)C(=O)N1CCC(C2(c3ccccn3)NC(=O)N(CCc3cccs3)C2=O)CC1. The van der Waals surface area contributed by atoms with Crippen molar-refractivity contribution < 1.29 is 14.4 Å². The summed E-state index contributed by atoms with van der Waals surface area (Å²) in [4.78, 5) is 48.1. The van der Waals surface area contributed by atoms with Gasteiger partial charge in [-0.1, -0.05) is 18.2 Å². The van der Waals surface area contributed by atoms with Gasteiger partial charge in [-0.2, -0.15) is 0 Å². The zero-order chi connectivity index (χ0) is 22.7. The van der Waals surface area contributed by atoms with Gasteiger partial charge >= 0.3 is 6.03 Å². The summed E-state index contributed by atoms with van der Waals surface area (Å²) >= 11 is 1.62. The number of likely N-dealkylation sites (tertiary alicyclic amines) is 1. The first-order valence-corrected chi connectivity index (χ1v) is 11.9. The number of nitrogens with zero attached hydrogens (tertiary/aromatic N) is 3. The van der Waals surface area contributed by atoms with E-state index in [1.807, 2.05) is 54.5 Å². The van der Waals surface area contributed by atoms with E-state index in [-0.39, 0.29) is 23.8 Å². The minimum atomic E-state index is -1.20. The number of amides is 4. The Balaban J connectivity index is 1.58. The van der Waals surface area contributed by atoms with Gasteiger partial charge < -0.3 is 10.2 Å². The maximum atomic E-state index is 13.8. The first-order chi connectivity index (χ1) is 15.5. The van der Waals surface area contributed by atoms with Gasteiger partial charge in [-0.25, -0.2) is 4.79 Å². The Hall–Kier alpha value is -3.00. The molecule has 2 aliphatic heterocycles. The fraction of sp³-hybridized carbons (Fsp3) is 0.417. The van der Waals surface area contributed by atoms with Crippen molar-refractivity contribution >= 4 is 29.2 Å². The predicted octanol–water partition coefficient (Wildman–Crippen LogP) is 3.34. The van der Waals surface area contributed by atoms with Crippen molar-refractivity contribution in [2.24, 2.45) is 5.92 Å². The summed E-state index contributed by atoms with van der Waals surface area (Å²) in [5.74, 6) is -0.361. The molecule has 0 bridgehead atoms. The quantitative estimate of drug-likeness (QED) is 0.538. The average Bonchev–Trinajstić information content (AvgIpc) is 3.44. The fourth-order valence-electron chi connectivity index (χ4n) is 4.62. The molecule has 0 saturated carbocycles. The van der Waals surface area contributed by atoms with Gasteiger partial charge in [0, 0.05) is 42.2 Å². The number of urea groups is 1. The zero-order valence-corrected chi connectivity index (χ0v) is 19.2. The van der Waals surface area contributed by atoms with Crippen LogP contribution in [0.2, 0.25) is 0 Å². The summed E-state index contributed by atoms with van der Waals surface area (Å²) in [5.41, 5.74) is 0.0812. The highest BCUT2D eigenvalue weighted by Gasteiger charge is 2.58. The number of hydrogen-bond donors (Lipinski definition) is 1. The lowest BCUT2D eigenvalue weighted by Crippen LogP contribution is -2.54. The smallest absolute Gasteiger partial charge is 0.325 e. The van der Waals surface area contributed by atoms with E-state index in [0.717, 1.165) is 4.88 Å². The topological polar surface area (TPSA) is 82.6 Å². The molecule has 4 amide bonds. The number of imide groups is 1. The van der Waals surface area contributed by atoms with Crippen LogP contribution >= 0.6 is 11.3 Å². The molecule has 0 spiro atoms. The maximum Gasteiger partial charge on any atom is 0.325 e. The third-order valence-electron chi connectivity index (χ3n) is 6.53. The van der Waals surface area contributed by atoms with E-state index in [4.69, 9.17) is 0 Å². The third kappa shape index (κ3) is 3.95. The van der Waals surface area contributed by atoms with Crippen LogP contribution in [0.4, 0.5) is 4.79 Å². The molecule has 7 nitrogen and oxygen atoms in total. The van der Waals surface area contributed by atoms with Gasteiger partial charge in [-0.3, -0.25) is 19.5 Å². The van der Waals surface area contributed by atoms with Gasteiger partial charge in [-0.05, 0) is 56.7 Å². The molecule has 0 aliphatic carbocycles. The normalized spacial score (nSPS) is 22.4. The molecule has 4 rings (SSSR count). The highest BCUT2D eigenvalue weighted by atomic mass is 32.1. The second-order valence-corrected chi connectivity index (χ2v) is 9.31. The summed E-state index contributed by atoms with van der Waals surface area (Å²) in [6.45, 7) is 5.09. The molecule has 2 aromatic rings. The number of piperidine rings is 1. The van der Waals surface area contributed by atoms with Crippen LogP contribution in [-0.4, -0.2) is 52.3 Å². The molecule has 1 atom stereocenters. The van der Waals surface area contributed by atoms with Crippen LogP contribution in [0, 0.1) is 5.92 Å². The predicted molar refractivity (Wildman–Crippen MR) is 123 cm³/mol. The number of carbonyl (C=O) groups excluding carboxylic acids is 3.